The maximum Gasteiger partial charge on any atom is 0.105 e. The zero-order chi connectivity index (χ0) is 16.0. The molecule has 0 amide bonds. The van der Waals surface area contributed by atoms with Crippen molar-refractivity contribution < 1.29 is 5.11 Å². The van der Waals surface area contributed by atoms with Crippen LogP contribution in [0.3, 0.4) is 0 Å². The molecule has 0 saturated heterocycles. The molecule has 2 heteroatoms. The first-order valence-corrected chi connectivity index (χ1v) is 8.01. The van der Waals surface area contributed by atoms with E-state index < -0.39 is 6.23 Å². The van der Waals surface area contributed by atoms with Gasteiger partial charge in [-0.25, -0.2) is 0 Å². The largest absolute Gasteiger partial charge is 0.379 e. The summed E-state index contributed by atoms with van der Waals surface area (Å²) in [7, 11) is 0. The lowest BCUT2D eigenvalue weighted by molar-refractivity contribution is 0.0946. The monoisotopic (exact) mass is 297 g/mol. The standard InChI is InChI=1S/C20H27NO/c1-20(2,3)21-19(22)15-14-18(16-10-6-4-7-11-16)17-12-8-5-9-13-17/h4-13,18-19,21-22H,14-15H2,1-3H3/t19-/m1/s1. The first-order chi connectivity index (χ1) is 10.5. The van der Waals surface area contributed by atoms with Gasteiger partial charge in [-0.2, -0.15) is 0 Å². The molecule has 0 saturated carbocycles. The Labute approximate surface area is 134 Å². The Morgan fingerprint density at radius 2 is 1.27 bits per heavy atom. The van der Waals surface area contributed by atoms with Gasteiger partial charge >= 0.3 is 0 Å². The molecule has 1 atom stereocenters. The molecule has 2 N–H and O–H groups in total. The Bertz CT molecular complexity index is 505. The molecule has 0 aliphatic heterocycles. The van der Waals surface area contributed by atoms with Gasteiger partial charge in [-0.15, -0.1) is 0 Å². The van der Waals surface area contributed by atoms with E-state index in [-0.39, 0.29) is 5.54 Å². The van der Waals surface area contributed by atoms with E-state index in [1.807, 2.05) is 12.1 Å². The number of hydrogen-bond donors (Lipinski definition) is 2. The summed E-state index contributed by atoms with van der Waals surface area (Å²) < 4.78 is 0. The summed E-state index contributed by atoms with van der Waals surface area (Å²) in [6.07, 6.45) is 1.17. The molecule has 0 radical (unpaired) electrons. The molecule has 2 nitrogen and oxygen atoms in total. The number of aliphatic hydroxyl groups excluding tert-OH is 1. The van der Waals surface area contributed by atoms with Gasteiger partial charge in [0, 0.05) is 11.5 Å². The van der Waals surface area contributed by atoms with Gasteiger partial charge in [0.15, 0.2) is 0 Å². The second-order valence-corrected chi connectivity index (χ2v) is 6.86. The van der Waals surface area contributed by atoms with Crippen molar-refractivity contribution in [1.82, 2.24) is 5.32 Å². The topological polar surface area (TPSA) is 32.3 Å². The molecule has 0 bridgehead atoms. The van der Waals surface area contributed by atoms with E-state index in [0.717, 1.165) is 12.8 Å². The summed E-state index contributed by atoms with van der Waals surface area (Å²) in [4.78, 5) is 0. The first-order valence-electron chi connectivity index (χ1n) is 8.01. The lowest BCUT2D eigenvalue weighted by Gasteiger charge is -2.26. The van der Waals surface area contributed by atoms with Crippen molar-refractivity contribution >= 4 is 0 Å². The lowest BCUT2D eigenvalue weighted by atomic mass is 9.87. The van der Waals surface area contributed by atoms with Gasteiger partial charge in [0.2, 0.25) is 0 Å². The maximum atomic E-state index is 10.2. The molecule has 0 heterocycles. The van der Waals surface area contributed by atoms with Crippen molar-refractivity contribution in [2.75, 3.05) is 0 Å². The van der Waals surface area contributed by atoms with Crippen LogP contribution in [0, 0.1) is 0 Å². The van der Waals surface area contributed by atoms with E-state index in [0.29, 0.717) is 5.92 Å². The van der Waals surface area contributed by atoms with Crippen LogP contribution >= 0.6 is 0 Å². The molecule has 22 heavy (non-hydrogen) atoms. The van der Waals surface area contributed by atoms with Gasteiger partial charge in [-0.05, 0) is 44.7 Å². The summed E-state index contributed by atoms with van der Waals surface area (Å²) in [6.45, 7) is 6.21. The third kappa shape index (κ3) is 5.28. The van der Waals surface area contributed by atoms with Gasteiger partial charge in [0.1, 0.15) is 6.23 Å². The number of nitrogens with one attached hydrogen (secondary N) is 1. The van der Waals surface area contributed by atoms with E-state index in [1.165, 1.54) is 11.1 Å². The Morgan fingerprint density at radius 1 is 0.818 bits per heavy atom. The maximum absolute atomic E-state index is 10.2. The predicted octanol–water partition coefficient (Wildman–Crippen LogP) is 4.31. The number of rotatable bonds is 6. The highest BCUT2D eigenvalue weighted by Gasteiger charge is 2.18. The number of benzene rings is 2. The molecule has 0 aromatic heterocycles. The van der Waals surface area contributed by atoms with Crippen molar-refractivity contribution in [2.24, 2.45) is 0 Å². The predicted molar refractivity (Wildman–Crippen MR) is 92.9 cm³/mol. The quantitative estimate of drug-likeness (QED) is 0.779. The fourth-order valence-corrected chi connectivity index (χ4v) is 2.79. The molecule has 0 spiro atoms. The van der Waals surface area contributed by atoms with Crippen LogP contribution in [-0.4, -0.2) is 16.9 Å². The average Bonchev–Trinajstić information content (AvgIpc) is 2.48. The van der Waals surface area contributed by atoms with Crippen LogP contribution in [0.1, 0.15) is 50.7 Å². The molecular formula is C20H27NO. The molecule has 0 unspecified atom stereocenters. The first kappa shape index (κ1) is 16.7. The Hall–Kier alpha value is -1.64. The van der Waals surface area contributed by atoms with Gasteiger partial charge in [-0.1, -0.05) is 60.7 Å². The third-order valence-corrected chi connectivity index (χ3v) is 3.73. The Balaban J connectivity index is 2.10. The van der Waals surface area contributed by atoms with Crippen molar-refractivity contribution in [3.63, 3.8) is 0 Å². The van der Waals surface area contributed by atoms with Crippen molar-refractivity contribution in [3.8, 4) is 0 Å². The van der Waals surface area contributed by atoms with Crippen LogP contribution in [-0.2, 0) is 0 Å². The van der Waals surface area contributed by atoms with Crippen LogP contribution in [0.25, 0.3) is 0 Å². The second-order valence-electron chi connectivity index (χ2n) is 6.86. The molecule has 2 aromatic rings. The summed E-state index contributed by atoms with van der Waals surface area (Å²) in [5, 5.41) is 13.4. The molecule has 2 aromatic carbocycles. The smallest absolute Gasteiger partial charge is 0.105 e. The third-order valence-electron chi connectivity index (χ3n) is 3.73. The summed E-state index contributed by atoms with van der Waals surface area (Å²) in [5.41, 5.74) is 2.53. The van der Waals surface area contributed by atoms with Gasteiger partial charge in [0.05, 0.1) is 0 Å². The van der Waals surface area contributed by atoms with E-state index >= 15 is 0 Å². The molecule has 0 fully saturated rings. The van der Waals surface area contributed by atoms with E-state index in [9.17, 15) is 5.11 Å². The minimum atomic E-state index is -0.477. The molecule has 118 valence electrons. The zero-order valence-corrected chi connectivity index (χ0v) is 13.8. The Kier molecular flexibility index (Phi) is 5.76. The van der Waals surface area contributed by atoms with Crippen molar-refractivity contribution in [2.45, 2.75) is 51.3 Å². The van der Waals surface area contributed by atoms with Gasteiger partial charge < -0.3 is 5.11 Å². The molecule has 0 aliphatic carbocycles. The highest BCUT2D eigenvalue weighted by Crippen LogP contribution is 2.29. The van der Waals surface area contributed by atoms with Crippen LogP contribution in [0.15, 0.2) is 60.7 Å². The normalized spacial score (nSPS) is 13.3. The van der Waals surface area contributed by atoms with Gasteiger partial charge in [-0.3, -0.25) is 5.32 Å². The van der Waals surface area contributed by atoms with Crippen LogP contribution in [0.4, 0.5) is 0 Å². The second kappa shape index (κ2) is 7.57. The summed E-state index contributed by atoms with van der Waals surface area (Å²) >= 11 is 0. The van der Waals surface area contributed by atoms with Gasteiger partial charge in [0.25, 0.3) is 0 Å². The number of hydrogen-bond acceptors (Lipinski definition) is 2. The van der Waals surface area contributed by atoms with Crippen LogP contribution < -0.4 is 5.32 Å². The van der Waals surface area contributed by atoms with E-state index in [2.05, 4.69) is 74.6 Å². The van der Waals surface area contributed by atoms with Crippen LogP contribution in [0.5, 0.6) is 0 Å². The van der Waals surface area contributed by atoms with Crippen LogP contribution in [0.2, 0.25) is 0 Å². The summed E-state index contributed by atoms with van der Waals surface area (Å²) in [6, 6.07) is 21.1. The number of aliphatic hydroxyl groups is 1. The average molecular weight is 297 g/mol. The highest BCUT2D eigenvalue weighted by atomic mass is 16.3. The molecular weight excluding hydrogens is 270 g/mol. The zero-order valence-electron chi connectivity index (χ0n) is 13.8. The highest BCUT2D eigenvalue weighted by molar-refractivity contribution is 5.32. The van der Waals surface area contributed by atoms with E-state index in [4.69, 9.17) is 0 Å². The minimum absolute atomic E-state index is 0.0750. The fourth-order valence-electron chi connectivity index (χ4n) is 2.79. The minimum Gasteiger partial charge on any atom is -0.379 e. The summed E-state index contributed by atoms with van der Waals surface area (Å²) in [5.74, 6) is 0.318. The molecule has 0 aliphatic rings. The lowest BCUT2D eigenvalue weighted by Crippen LogP contribution is -2.43. The Morgan fingerprint density at radius 3 is 1.68 bits per heavy atom. The van der Waals surface area contributed by atoms with E-state index in [1.54, 1.807) is 0 Å². The molecule has 2 rings (SSSR count). The fraction of sp³-hybridized carbons (Fsp3) is 0.400. The van der Waals surface area contributed by atoms with Crippen molar-refractivity contribution in [1.29, 1.82) is 0 Å². The SMILES string of the molecule is CC(C)(C)N[C@H](O)CCC(c1ccccc1)c1ccccc1. The van der Waals surface area contributed by atoms with Crippen molar-refractivity contribution in [3.05, 3.63) is 71.8 Å².